The van der Waals surface area contributed by atoms with Crippen molar-refractivity contribution >= 4 is 27.6 Å². The number of para-hydroxylation sites is 1. The van der Waals surface area contributed by atoms with E-state index in [-0.39, 0.29) is 16.4 Å². The summed E-state index contributed by atoms with van der Waals surface area (Å²) < 4.78 is 31.9. The Bertz CT molecular complexity index is 952. The molecule has 2 aromatic carbocycles. The minimum absolute atomic E-state index is 0.149. The first kappa shape index (κ1) is 21.0. The number of carbonyl (C=O) groups excluding carboxylic acids is 2. The minimum Gasteiger partial charge on any atom is -0.452 e. The average molecular weight is 416 g/mol. The lowest BCUT2D eigenvalue weighted by atomic mass is 10.2. The summed E-state index contributed by atoms with van der Waals surface area (Å²) in [5.41, 5.74) is 0.888. The van der Waals surface area contributed by atoms with Gasteiger partial charge in [0.1, 0.15) is 0 Å². The Morgan fingerprint density at radius 3 is 2.21 bits per heavy atom. The maximum absolute atomic E-state index is 12.7. The van der Waals surface area contributed by atoms with Gasteiger partial charge in [-0.15, -0.1) is 0 Å². The number of piperidine rings is 1. The van der Waals surface area contributed by atoms with Crippen LogP contribution in [-0.4, -0.2) is 51.3 Å². The topological polar surface area (TPSA) is 84.0 Å². The summed E-state index contributed by atoms with van der Waals surface area (Å²) >= 11 is 0. The summed E-state index contributed by atoms with van der Waals surface area (Å²) in [7, 11) is -1.95. The largest absolute Gasteiger partial charge is 0.452 e. The molecule has 0 aliphatic carbocycles. The van der Waals surface area contributed by atoms with Crippen molar-refractivity contribution in [3.05, 3.63) is 60.2 Å². The lowest BCUT2D eigenvalue weighted by Gasteiger charge is -2.25. The highest BCUT2D eigenvalue weighted by Gasteiger charge is 2.26. The second-order valence-corrected chi connectivity index (χ2v) is 8.79. The molecule has 0 N–H and O–H groups in total. The predicted molar refractivity (Wildman–Crippen MR) is 109 cm³/mol. The van der Waals surface area contributed by atoms with Gasteiger partial charge in [0, 0.05) is 25.8 Å². The van der Waals surface area contributed by atoms with Crippen molar-refractivity contribution < 1.29 is 22.7 Å². The Labute approximate surface area is 170 Å². The summed E-state index contributed by atoms with van der Waals surface area (Å²) in [6.07, 6.45) is 2.75. The molecule has 1 aliphatic heterocycles. The fraction of sp³-hybridized carbons (Fsp3) is 0.333. The van der Waals surface area contributed by atoms with E-state index in [1.165, 1.54) is 33.5 Å². The number of nitrogens with zero attached hydrogens (tertiary/aromatic N) is 2. The van der Waals surface area contributed by atoms with E-state index in [1.54, 1.807) is 19.2 Å². The van der Waals surface area contributed by atoms with Crippen LogP contribution in [0.15, 0.2) is 59.5 Å². The van der Waals surface area contributed by atoms with Gasteiger partial charge in [-0.2, -0.15) is 4.31 Å². The SMILES string of the molecule is CN(C(=O)COC(=O)c1ccc(S(=O)(=O)N2CCCCC2)cc1)c1ccccc1. The van der Waals surface area contributed by atoms with Crippen molar-refractivity contribution in [3.63, 3.8) is 0 Å². The van der Waals surface area contributed by atoms with Gasteiger partial charge in [-0.05, 0) is 49.2 Å². The Balaban J connectivity index is 1.59. The van der Waals surface area contributed by atoms with Gasteiger partial charge in [-0.25, -0.2) is 13.2 Å². The molecule has 1 amide bonds. The molecule has 154 valence electrons. The second kappa shape index (κ2) is 9.19. The zero-order valence-corrected chi connectivity index (χ0v) is 17.1. The summed E-state index contributed by atoms with van der Waals surface area (Å²) in [5, 5.41) is 0. The molecule has 1 fully saturated rings. The number of esters is 1. The predicted octanol–water partition coefficient (Wildman–Crippen LogP) is 2.68. The molecule has 0 spiro atoms. The molecule has 0 aromatic heterocycles. The third kappa shape index (κ3) is 5.02. The zero-order valence-electron chi connectivity index (χ0n) is 16.3. The number of amides is 1. The summed E-state index contributed by atoms with van der Waals surface area (Å²) in [6.45, 7) is 0.629. The molecule has 1 saturated heterocycles. The van der Waals surface area contributed by atoms with Crippen LogP contribution in [-0.2, 0) is 19.6 Å². The van der Waals surface area contributed by atoms with Gasteiger partial charge in [-0.1, -0.05) is 24.6 Å². The summed E-state index contributed by atoms with van der Waals surface area (Å²) in [6, 6.07) is 14.6. The fourth-order valence-corrected chi connectivity index (χ4v) is 4.64. The van der Waals surface area contributed by atoms with Gasteiger partial charge in [0.05, 0.1) is 10.5 Å². The molecule has 1 heterocycles. The van der Waals surface area contributed by atoms with Gasteiger partial charge < -0.3 is 9.64 Å². The standard InChI is InChI=1S/C21H24N2O5S/c1-22(18-8-4-2-5-9-18)20(24)16-28-21(25)17-10-12-19(13-11-17)29(26,27)23-14-6-3-7-15-23/h2,4-5,8-13H,3,6-7,14-16H2,1H3. The van der Waals surface area contributed by atoms with Gasteiger partial charge in [0.2, 0.25) is 10.0 Å². The highest BCUT2D eigenvalue weighted by Crippen LogP contribution is 2.21. The molecule has 8 heteroatoms. The maximum Gasteiger partial charge on any atom is 0.338 e. The van der Waals surface area contributed by atoms with Gasteiger partial charge in [0.15, 0.2) is 6.61 Å². The van der Waals surface area contributed by atoms with E-state index in [0.717, 1.165) is 19.3 Å². The molecule has 0 saturated carbocycles. The van der Waals surface area contributed by atoms with E-state index >= 15 is 0 Å². The van der Waals surface area contributed by atoms with Crippen LogP contribution < -0.4 is 4.90 Å². The number of rotatable bonds is 6. The monoisotopic (exact) mass is 416 g/mol. The molecule has 3 rings (SSSR count). The second-order valence-electron chi connectivity index (χ2n) is 6.85. The maximum atomic E-state index is 12.7. The highest BCUT2D eigenvalue weighted by atomic mass is 32.2. The minimum atomic E-state index is -3.55. The molecule has 7 nitrogen and oxygen atoms in total. The first-order chi connectivity index (χ1) is 13.9. The molecule has 0 bridgehead atoms. The molecule has 2 aromatic rings. The molecule has 0 radical (unpaired) electrons. The van der Waals surface area contributed by atoms with Gasteiger partial charge in [0.25, 0.3) is 5.91 Å². The number of ether oxygens (including phenoxy) is 1. The van der Waals surface area contributed by atoms with Crippen molar-refractivity contribution in [2.45, 2.75) is 24.2 Å². The van der Waals surface area contributed by atoms with Crippen LogP contribution in [0.1, 0.15) is 29.6 Å². The van der Waals surface area contributed by atoms with Crippen molar-refractivity contribution in [2.24, 2.45) is 0 Å². The Kier molecular flexibility index (Phi) is 6.66. The quantitative estimate of drug-likeness (QED) is 0.676. The van der Waals surface area contributed by atoms with Gasteiger partial charge >= 0.3 is 5.97 Å². The lowest BCUT2D eigenvalue weighted by Crippen LogP contribution is -2.35. The van der Waals surface area contributed by atoms with Crippen LogP contribution in [0.3, 0.4) is 0 Å². The number of benzene rings is 2. The average Bonchev–Trinajstić information content (AvgIpc) is 2.78. The smallest absolute Gasteiger partial charge is 0.338 e. The van der Waals surface area contributed by atoms with Crippen molar-refractivity contribution in [3.8, 4) is 0 Å². The van der Waals surface area contributed by atoms with E-state index < -0.39 is 22.6 Å². The number of likely N-dealkylation sites (N-methyl/N-ethyl adjacent to an activating group) is 1. The van der Waals surface area contributed by atoms with Crippen LogP contribution in [0.5, 0.6) is 0 Å². The fourth-order valence-electron chi connectivity index (χ4n) is 3.12. The zero-order chi connectivity index (χ0) is 20.9. The number of hydrogen-bond donors (Lipinski definition) is 0. The summed E-state index contributed by atoms with van der Waals surface area (Å²) in [4.78, 5) is 26.0. The summed E-state index contributed by atoms with van der Waals surface area (Å²) in [5.74, 6) is -1.05. The molecular formula is C21H24N2O5S. The van der Waals surface area contributed by atoms with Crippen molar-refractivity contribution in [2.75, 3.05) is 31.6 Å². The first-order valence-electron chi connectivity index (χ1n) is 9.48. The van der Waals surface area contributed by atoms with E-state index in [2.05, 4.69) is 0 Å². The molecular weight excluding hydrogens is 392 g/mol. The molecule has 1 aliphatic rings. The Hall–Kier alpha value is -2.71. The first-order valence-corrected chi connectivity index (χ1v) is 10.9. The lowest BCUT2D eigenvalue weighted by molar-refractivity contribution is -0.121. The van der Waals surface area contributed by atoms with E-state index in [9.17, 15) is 18.0 Å². The third-order valence-electron chi connectivity index (χ3n) is 4.89. The molecule has 0 unspecified atom stereocenters. The Morgan fingerprint density at radius 1 is 0.966 bits per heavy atom. The molecule has 0 atom stereocenters. The van der Waals surface area contributed by atoms with Crippen molar-refractivity contribution in [1.82, 2.24) is 4.31 Å². The van der Waals surface area contributed by atoms with Crippen molar-refractivity contribution in [1.29, 1.82) is 0 Å². The number of anilines is 1. The van der Waals surface area contributed by atoms with Crippen LogP contribution in [0.4, 0.5) is 5.69 Å². The van der Waals surface area contributed by atoms with Crippen LogP contribution in [0.25, 0.3) is 0 Å². The van der Waals surface area contributed by atoms with E-state index in [0.29, 0.717) is 18.8 Å². The number of sulfonamides is 1. The van der Waals surface area contributed by atoms with Crippen LogP contribution in [0, 0.1) is 0 Å². The third-order valence-corrected chi connectivity index (χ3v) is 6.80. The number of carbonyl (C=O) groups is 2. The Morgan fingerprint density at radius 2 is 1.59 bits per heavy atom. The van der Waals surface area contributed by atoms with Crippen LogP contribution >= 0.6 is 0 Å². The van der Waals surface area contributed by atoms with E-state index in [1.807, 2.05) is 18.2 Å². The van der Waals surface area contributed by atoms with E-state index in [4.69, 9.17) is 4.74 Å². The van der Waals surface area contributed by atoms with Crippen LogP contribution in [0.2, 0.25) is 0 Å². The van der Waals surface area contributed by atoms with Gasteiger partial charge in [-0.3, -0.25) is 4.79 Å². The molecule has 29 heavy (non-hydrogen) atoms. The normalized spacial score (nSPS) is 14.9. The number of hydrogen-bond acceptors (Lipinski definition) is 5. The highest BCUT2D eigenvalue weighted by molar-refractivity contribution is 7.89.